The van der Waals surface area contributed by atoms with E-state index in [4.69, 9.17) is 4.74 Å². The van der Waals surface area contributed by atoms with Crippen LogP contribution in [0.5, 0.6) is 5.75 Å². The molecular formula is C16H24BrNO2. The third-order valence-electron chi connectivity index (χ3n) is 3.87. The van der Waals surface area contributed by atoms with Crippen molar-refractivity contribution in [2.75, 3.05) is 13.2 Å². The van der Waals surface area contributed by atoms with Crippen LogP contribution in [0.4, 0.5) is 0 Å². The summed E-state index contributed by atoms with van der Waals surface area (Å²) in [5.74, 6) is 0.833. The second kappa shape index (κ2) is 7.43. The standard InChI is InChI=1S/C16H24BrNO2/c1-2-18-11-13-10-14(6-7-15(13)17)20-12-16(19)8-4-3-5-9-16/h6-7,10,18-19H,2-5,8-9,11-12H2,1H3. The van der Waals surface area contributed by atoms with Crippen LogP contribution in [0, 0.1) is 0 Å². The Bertz CT molecular complexity index is 430. The summed E-state index contributed by atoms with van der Waals surface area (Å²) in [5, 5.41) is 13.8. The fraction of sp³-hybridized carbons (Fsp3) is 0.625. The van der Waals surface area contributed by atoms with E-state index in [-0.39, 0.29) is 0 Å². The van der Waals surface area contributed by atoms with Crippen LogP contribution < -0.4 is 10.1 Å². The summed E-state index contributed by atoms with van der Waals surface area (Å²) in [4.78, 5) is 0. The van der Waals surface area contributed by atoms with Gasteiger partial charge in [-0.2, -0.15) is 0 Å². The van der Waals surface area contributed by atoms with Crippen molar-refractivity contribution >= 4 is 15.9 Å². The molecule has 1 aliphatic rings. The maximum Gasteiger partial charge on any atom is 0.119 e. The van der Waals surface area contributed by atoms with Gasteiger partial charge in [0.05, 0.1) is 5.60 Å². The molecule has 2 N–H and O–H groups in total. The van der Waals surface area contributed by atoms with Crippen LogP contribution in [0.3, 0.4) is 0 Å². The smallest absolute Gasteiger partial charge is 0.119 e. The molecule has 0 amide bonds. The van der Waals surface area contributed by atoms with E-state index in [1.54, 1.807) is 0 Å². The lowest BCUT2D eigenvalue weighted by atomic mass is 9.85. The quantitative estimate of drug-likeness (QED) is 0.830. The molecule has 1 saturated carbocycles. The molecule has 1 aliphatic carbocycles. The van der Waals surface area contributed by atoms with Crippen molar-refractivity contribution in [1.29, 1.82) is 0 Å². The third-order valence-corrected chi connectivity index (χ3v) is 4.65. The minimum Gasteiger partial charge on any atom is -0.491 e. The molecule has 0 unspecified atom stereocenters. The van der Waals surface area contributed by atoms with Gasteiger partial charge >= 0.3 is 0 Å². The number of halogens is 1. The first-order valence-corrected chi connectivity index (χ1v) is 8.26. The molecule has 0 aliphatic heterocycles. The van der Waals surface area contributed by atoms with Gasteiger partial charge in [0.1, 0.15) is 12.4 Å². The average Bonchev–Trinajstić information content (AvgIpc) is 2.46. The molecule has 112 valence electrons. The summed E-state index contributed by atoms with van der Waals surface area (Å²) in [6.07, 6.45) is 5.15. The van der Waals surface area contributed by atoms with Gasteiger partial charge in [0.25, 0.3) is 0 Å². The third kappa shape index (κ3) is 4.47. The summed E-state index contributed by atoms with van der Waals surface area (Å²) < 4.78 is 6.91. The predicted octanol–water partition coefficient (Wildman–Crippen LogP) is 3.63. The maximum absolute atomic E-state index is 10.5. The molecule has 2 rings (SSSR count). The molecule has 1 fully saturated rings. The first kappa shape index (κ1) is 15.8. The Morgan fingerprint density at radius 2 is 2.05 bits per heavy atom. The molecular weight excluding hydrogens is 318 g/mol. The number of hydrogen-bond donors (Lipinski definition) is 2. The summed E-state index contributed by atoms with van der Waals surface area (Å²) in [7, 11) is 0. The van der Waals surface area contributed by atoms with Gasteiger partial charge in [0.2, 0.25) is 0 Å². The lowest BCUT2D eigenvalue weighted by molar-refractivity contribution is -0.0339. The fourth-order valence-electron chi connectivity index (χ4n) is 2.61. The molecule has 0 bridgehead atoms. The van der Waals surface area contributed by atoms with E-state index in [1.807, 2.05) is 18.2 Å². The van der Waals surface area contributed by atoms with Crippen molar-refractivity contribution in [2.24, 2.45) is 0 Å². The Morgan fingerprint density at radius 3 is 2.75 bits per heavy atom. The Morgan fingerprint density at radius 1 is 1.30 bits per heavy atom. The second-order valence-corrected chi connectivity index (χ2v) is 6.46. The highest BCUT2D eigenvalue weighted by Crippen LogP contribution is 2.29. The highest BCUT2D eigenvalue weighted by Gasteiger charge is 2.29. The van der Waals surface area contributed by atoms with Crippen LogP contribution in [0.2, 0.25) is 0 Å². The molecule has 0 aromatic heterocycles. The zero-order valence-corrected chi connectivity index (χ0v) is 13.7. The Hall–Kier alpha value is -0.580. The first-order chi connectivity index (χ1) is 9.63. The lowest BCUT2D eigenvalue weighted by Gasteiger charge is -2.31. The van der Waals surface area contributed by atoms with Gasteiger partial charge in [-0.15, -0.1) is 0 Å². The Labute approximate surface area is 129 Å². The Balaban J connectivity index is 1.95. The maximum atomic E-state index is 10.5. The number of ether oxygens (including phenoxy) is 1. The fourth-order valence-corrected chi connectivity index (χ4v) is 2.99. The van der Waals surface area contributed by atoms with Crippen molar-refractivity contribution in [2.45, 2.75) is 51.2 Å². The van der Waals surface area contributed by atoms with Crippen LogP contribution in [0.15, 0.2) is 22.7 Å². The zero-order valence-electron chi connectivity index (χ0n) is 12.1. The number of rotatable bonds is 6. The highest BCUT2D eigenvalue weighted by atomic mass is 79.9. The number of aliphatic hydroxyl groups is 1. The number of benzene rings is 1. The molecule has 20 heavy (non-hydrogen) atoms. The first-order valence-electron chi connectivity index (χ1n) is 7.47. The van der Waals surface area contributed by atoms with Crippen molar-refractivity contribution < 1.29 is 9.84 Å². The van der Waals surface area contributed by atoms with Crippen LogP contribution in [0.1, 0.15) is 44.6 Å². The molecule has 4 heteroatoms. The van der Waals surface area contributed by atoms with E-state index >= 15 is 0 Å². The molecule has 0 atom stereocenters. The molecule has 0 radical (unpaired) electrons. The van der Waals surface area contributed by atoms with Crippen LogP contribution in [-0.2, 0) is 6.54 Å². The minimum atomic E-state index is -0.632. The van der Waals surface area contributed by atoms with E-state index in [0.717, 1.165) is 49.0 Å². The second-order valence-electron chi connectivity index (χ2n) is 5.61. The average molecular weight is 342 g/mol. The van der Waals surface area contributed by atoms with Crippen molar-refractivity contribution in [3.05, 3.63) is 28.2 Å². The van der Waals surface area contributed by atoms with E-state index in [2.05, 4.69) is 28.2 Å². The number of nitrogens with one attached hydrogen (secondary N) is 1. The van der Waals surface area contributed by atoms with Gasteiger partial charge < -0.3 is 15.2 Å². The lowest BCUT2D eigenvalue weighted by Crippen LogP contribution is -2.37. The van der Waals surface area contributed by atoms with Gasteiger partial charge in [-0.1, -0.05) is 42.1 Å². The van der Waals surface area contributed by atoms with Gasteiger partial charge in [-0.3, -0.25) is 0 Å². The molecule has 1 aromatic rings. The number of hydrogen-bond acceptors (Lipinski definition) is 3. The molecule has 3 nitrogen and oxygen atoms in total. The van der Waals surface area contributed by atoms with Crippen molar-refractivity contribution in [3.8, 4) is 5.75 Å². The molecule has 1 aromatic carbocycles. The largest absolute Gasteiger partial charge is 0.491 e. The SMILES string of the molecule is CCNCc1cc(OCC2(O)CCCCC2)ccc1Br. The Kier molecular flexibility index (Phi) is 5.87. The van der Waals surface area contributed by atoms with Gasteiger partial charge in [0.15, 0.2) is 0 Å². The molecule has 0 spiro atoms. The van der Waals surface area contributed by atoms with E-state index in [1.165, 1.54) is 12.0 Å². The summed E-state index contributed by atoms with van der Waals surface area (Å²) in [6, 6.07) is 6.00. The normalized spacial score (nSPS) is 17.9. The summed E-state index contributed by atoms with van der Waals surface area (Å²) in [5.41, 5.74) is 0.549. The van der Waals surface area contributed by atoms with Gasteiger partial charge in [-0.25, -0.2) is 0 Å². The van der Waals surface area contributed by atoms with E-state index in [9.17, 15) is 5.11 Å². The predicted molar refractivity (Wildman–Crippen MR) is 85.1 cm³/mol. The van der Waals surface area contributed by atoms with E-state index < -0.39 is 5.60 Å². The monoisotopic (exact) mass is 341 g/mol. The van der Waals surface area contributed by atoms with Gasteiger partial charge in [-0.05, 0) is 43.1 Å². The highest BCUT2D eigenvalue weighted by molar-refractivity contribution is 9.10. The van der Waals surface area contributed by atoms with Crippen LogP contribution in [-0.4, -0.2) is 23.9 Å². The summed E-state index contributed by atoms with van der Waals surface area (Å²) >= 11 is 3.55. The zero-order chi connectivity index (χ0) is 14.4. The van der Waals surface area contributed by atoms with Gasteiger partial charge in [0, 0.05) is 11.0 Å². The molecule has 0 saturated heterocycles. The van der Waals surface area contributed by atoms with Crippen molar-refractivity contribution in [1.82, 2.24) is 5.32 Å². The summed E-state index contributed by atoms with van der Waals surface area (Å²) in [6.45, 7) is 4.25. The molecule has 0 heterocycles. The topological polar surface area (TPSA) is 41.5 Å². The van der Waals surface area contributed by atoms with Crippen LogP contribution in [0.25, 0.3) is 0 Å². The van der Waals surface area contributed by atoms with Crippen LogP contribution >= 0.6 is 15.9 Å². The minimum absolute atomic E-state index is 0.398. The van der Waals surface area contributed by atoms with E-state index in [0.29, 0.717) is 6.61 Å². The van der Waals surface area contributed by atoms with Crippen molar-refractivity contribution in [3.63, 3.8) is 0 Å².